The maximum atomic E-state index is 5.47. The molecule has 0 aromatic carbocycles. The molecule has 0 amide bonds. The number of rotatable bonds is 7. The van der Waals surface area contributed by atoms with E-state index in [4.69, 9.17) is 14.2 Å². The molecular formula is C10H22O3. The van der Waals surface area contributed by atoms with Crippen molar-refractivity contribution in [2.45, 2.75) is 33.3 Å². The molecule has 0 atom stereocenters. The zero-order valence-electron chi connectivity index (χ0n) is 9.26. The van der Waals surface area contributed by atoms with Crippen molar-refractivity contribution in [2.24, 2.45) is 0 Å². The Kier molecular flexibility index (Phi) is 7.23. The second-order valence-electron chi connectivity index (χ2n) is 3.77. The molecule has 0 N–H and O–H groups in total. The van der Waals surface area contributed by atoms with Crippen LogP contribution in [0.4, 0.5) is 0 Å². The molecule has 0 heterocycles. The SMILES string of the molecule is CCOCCOCCOC(C)(C)C. The summed E-state index contributed by atoms with van der Waals surface area (Å²) in [4.78, 5) is 0. The van der Waals surface area contributed by atoms with Gasteiger partial charge in [-0.15, -0.1) is 0 Å². The molecule has 80 valence electrons. The van der Waals surface area contributed by atoms with Crippen LogP contribution in [0.25, 0.3) is 0 Å². The first-order valence-electron chi connectivity index (χ1n) is 4.85. The first-order valence-corrected chi connectivity index (χ1v) is 4.85. The average molecular weight is 190 g/mol. The summed E-state index contributed by atoms with van der Waals surface area (Å²) < 4.78 is 15.9. The molecule has 0 fully saturated rings. The lowest BCUT2D eigenvalue weighted by Gasteiger charge is -2.19. The average Bonchev–Trinajstić information content (AvgIpc) is 2.01. The standard InChI is InChI=1S/C10H22O3/c1-5-11-6-7-12-8-9-13-10(2,3)4/h5-9H2,1-4H3. The van der Waals surface area contributed by atoms with E-state index in [2.05, 4.69) is 0 Å². The zero-order chi connectivity index (χ0) is 10.2. The molecule has 0 aromatic rings. The molecule has 0 aliphatic heterocycles. The van der Waals surface area contributed by atoms with Gasteiger partial charge in [-0.3, -0.25) is 0 Å². The topological polar surface area (TPSA) is 27.7 Å². The number of hydrogen-bond donors (Lipinski definition) is 0. The lowest BCUT2D eigenvalue weighted by atomic mass is 10.2. The van der Waals surface area contributed by atoms with Gasteiger partial charge < -0.3 is 14.2 Å². The molecule has 0 aliphatic rings. The second-order valence-corrected chi connectivity index (χ2v) is 3.77. The van der Waals surface area contributed by atoms with E-state index < -0.39 is 0 Å². The lowest BCUT2D eigenvalue weighted by Crippen LogP contribution is -2.22. The fraction of sp³-hybridized carbons (Fsp3) is 1.00. The molecule has 0 radical (unpaired) electrons. The summed E-state index contributed by atoms with van der Waals surface area (Å²) in [6, 6.07) is 0. The Hall–Kier alpha value is -0.120. The molecule has 3 nitrogen and oxygen atoms in total. The monoisotopic (exact) mass is 190 g/mol. The molecule has 0 unspecified atom stereocenters. The third kappa shape index (κ3) is 11.9. The van der Waals surface area contributed by atoms with Crippen molar-refractivity contribution in [1.82, 2.24) is 0 Å². The quantitative estimate of drug-likeness (QED) is 0.573. The fourth-order valence-electron chi connectivity index (χ4n) is 0.771. The number of hydrogen-bond acceptors (Lipinski definition) is 3. The molecule has 0 saturated heterocycles. The third-order valence-electron chi connectivity index (χ3n) is 1.34. The van der Waals surface area contributed by atoms with E-state index in [1.807, 2.05) is 27.7 Å². The van der Waals surface area contributed by atoms with Gasteiger partial charge in [-0.05, 0) is 27.7 Å². The van der Waals surface area contributed by atoms with Crippen molar-refractivity contribution < 1.29 is 14.2 Å². The highest BCUT2D eigenvalue weighted by molar-refractivity contribution is 4.57. The van der Waals surface area contributed by atoms with Crippen LogP contribution in [0, 0.1) is 0 Å². The zero-order valence-corrected chi connectivity index (χ0v) is 9.26. The molecule has 0 aliphatic carbocycles. The summed E-state index contributed by atoms with van der Waals surface area (Å²) in [6.07, 6.45) is 0. The summed E-state index contributed by atoms with van der Waals surface area (Å²) >= 11 is 0. The Balaban J connectivity index is 3.00. The minimum Gasteiger partial charge on any atom is -0.379 e. The Bertz CT molecular complexity index is 107. The fourth-order valence-corrected chi connectivity index (χ4v) is 0.771. The van der Waals surface area contributed by atoms with Crippen molar-refractivity contribution in [3.8, 4) is 0 Å². The molecule has 0 saturated carbocycles. The van der Waals surface area contributed by atoms with E-state index in [9.17, 15) is 0 Å². The van der Waals surface area contributed by atoms with Gasteiger partial charge in [0.25, 0.3) is 0 Å². The minimum atomic E-state index is -0.0662. The van der Waals surface area contributed by atoms with Crippen LogP contribution in [0.2, 0.25) is 0 Å². The first kappa shape index (κ1) is 12.9. The highest BCUT2D eigenvalue weighted by Gasteiger charge is 2.08. The molecular weight excluding hydrogens is 168 g/mol. The van der Waals surface area contributed by atoms with Gasteiger partial charge in [0.15, 0.2) is 0 Å². The maximum absolute atomic E-state index is 5.47. The van der Waals surface area contributed by atoms with Crippen LogP contribution in [-0.2, 0) is 14.2 Å². The Morgan fingerprint density at radius 2 is 1.38 bits per heavy atom. The van der Waals surface area contributed by atoms with Gasteiger partial charge in [0.1, 0.15) is 0 Å². The molecule has 0 spiro atoms. The maximum Gasteiger partial charge on any atom is 0.0707 e. The van der Waals surface area contributed by atoms with Crippen molar-refractivity contribution in [2.75, 3.05) is 33.0 Å². The largest absolute Gasteiger partial charge is 0.379 e. The van der Waals surface area contributed by atoms with Crippen LogP contribution in [0.1, 0.15) is 27.7 Å². The van der Waals surface area contributed by atoms with Gasteiger partial charge in [0.05, 0.1) is 32.0 Å². The van der Waals surface area contributed by atoms with E-state index in [-0.39, 0.29) is 5.60 Å². The number of ether oxygens (including phenoxy) is 3. The Morgan fingerprint density at radius 1 is 0.846 bits per heavy atom. The molecule has 0 bridgehead atoms. The van der Waals surface area contributed by atoms with Crippen molar-refractivity contribution in [3.05, 3.63) is 0 Å². The van der Waals surface area contributed by atoms with Gasteiger partial charge >= 0.3 is 0 Å². The Labute approximate surface area is 81.4 Å². The highest BCUT2D eigenvalue weighted by Crippen LogP contribution is 2.05. The smallest absolute Gasteiger partial charge is 0.0707 e. The van der Waals surface area contributed by atoms with E-state index >= 15 is 0 Å². The van der Waals surface area contributed by atoms with Crippen molar-refractivity contribution in [1.29, 1.82) is 0 Å². The molecule has 3 heteroatoms. The third-order valence-corrected chi connectivity index (χ3v) is 1.34. The van der Waals surface area contributed by atoms with Gasteiger partial charge in [0, 0.05) is 6.61 Å². The van der Waals surface area contributed by atoms with Gasteiger partial charge in [-0.2, -0.15) is 0 Å². The van der Waals surface area contributed by atoms with Crippen LogP contribution < -0.4 is 0 Å². The normalized spacial score (nSPS) is 12.0. The molecule has 0 rings (SSSR count). The minimum absolute atomic E-state index is 0.0662. The lowest BCUT2D eigenvalue weighted by molar-refractivity contribution is -0.0419. The summed E-state index contributed by atoms with van der Waals surface area (Å²) in [7, 11) is 0. The van der Waals surface area contributed by atoms with Gasteiger partial charge in [-0.25, -0.2) is 0 Å². The van der Waals surface area contributed by atoms with Gasteiger partial charge in [0.2, 0.25) is 0 Å². The van der Waals surface area contributed by atoms with E-state index in [1.54, 1.807) is 0 Å². The summed E-state index contributed by atoms with van der Waals surface area (Å²) in [5.74, 6) is 0. The van der Waals surface area contributed by atoms with Crippen LogP contribution in [0.15, 0.2) is 0 Å². The van der Waals surface area contributed by atoms with Crippen LogP contribution >= 0.6 is 0 Å². The van der Waals surface area contributed by atoms with Crippen molar-refractivity contribution in [3.63, 3.8) is 0 Å². The van der Waals surface area contributed by atoms with E-state index in [0.29, 0.717) is 26.4 Å². The van der Waals surface area contributed by atoms with Crippen molar-refractivity contribution >= 4 is 0 Å². The van der Waals surface area contributed by atoms with Crippen LogP contribution in [-0.4, -0.2) is 38.6 Å². The first-order chi connectivity index (χ1) is 6.06. The second kappa shape index (κ2) is 7.30. The van der Waals surface area contributed by atoms with Gasteiger partial charge in [-0.1, -0.05) is 0 Å². The van der Waals surface area contributed by atoms with Crippen LogP contribution in [0.3, 0.4) is 0 Å². The van der Waals surface area contributed by atoms with Crippen LogP contribution in [0.5, 0.6) is 0 Å². The summed E-state index contributed by atoms with van der Waals surface area (Å²) in [5.41, 5.74) is -0.0662. The summed E-state index contributed by atoms with van der Waals surface area (Å²) in [6.45, 7) is 11.4. The van der Waals surface area contributed by atoms with E-state index in [1.165, 1.54) is 0 Å². The Morgan fingerprint density at radius 3 is 1.92 bits per heavy atom. The predicted octanol–water partition coefficient (Wildman–Crippen LogP) is 1.85. The van der Waals surface area contributed by atoms with E-state index in [0.717, 1.165) is 6.61 Å². The highest BCUT2D eigenvalue weighted by atomic mass is 16.5. The molecule has 0 aromatic heterocycles. The summed E-state index contributed by atoms with van der Waals surface area (Å²) in [5, 5.41) is 0. The molecule has 13 heavy (non-hydrogen) atoms. The predicted molar refractivity (Wildman–Crippen MR) is 53.0 cm³/mol.